The maximum absolute atomic E-state index is 12.9. The van der Waals surface area contributed by atoms with E-state index in [-0.39, 0.29) is 34.1 Å². The third-order valence-corrected chi connectivity index (χ3v) is 6.05. The number of ether oxygens (including phenoxy) is 6. The van der Waals surface area contributed by atoms with E-state index >= 15 is 0 Å². The summed E-state index contributed by atoms with van der Waals surface area (Å²) in [5.74, 6) is -0.982. The molecule has 0 aromatic heterocycles. The molecule has 0 spiro atoms. The average molecular weight is 604 g/mol. The third-order valence-electron chi connectivity index (χ3n) is 6.05. The van der Waals surface area contributed by atoms with Gasteiger partial charge in [-0.3, -0.25) is 10.1 Å². The van der Waals surface area contributed by atoms with Gasteiger partial charge in [0.25, 0.3) is 5.75 Å². The van der Waals surface area contributed by atoms with E-state index in [1.54, 1.807) is 24.3 Å². The molecule has 44 heavy (non-hydrogen) atoms. The number of benzene rings is 3. The number of nitro groups is 1. The van der Waals surface area contributed by atoms with Crippen LogP contribution in [0.1, 0.15) is 19.4 Å². The molecule has 0 saturated heterocycles. The first-order valence-electron chi connectivity index (χ1n) is 13.1. The molecule has 0 aliphatic heterocycles. The largest absolute Gasteiger partial charge is 0.519 e. The molecule has 0 radical (unpaired) electrons. The van der Waals surface area contributed by atoms with Crippen LogP contribution in [0.5, 0.6) is 34.5 Å². The number of rotatable bonds is 12. The Morgan fingerprint density at radius 2 is 1.34 bits per heavy atom. The number of nitro benzene ring substituents is 1. The van der Waals surface area contributed by atoms with E-state index in [2.05, 4.69) is 6.58 Å². The topological polar surface area (TPSA) is 160 Å². The van der Waals surface area contributed by atoms with Crippen LogP contribution in [0.3, 0.4) is 0 Å². The molecular formula is C31H29N3O10. The van der Waals surface area contributed by atoms with Gasteiger partial charge in [-0.25, -0.2) is 9.59 Å². The van der Waals surface area contributed by atoms with Gasteiger partial charge in [-0.05, 0) is 55.8 Å². The van der Waals surface area contributed by atoms with Crippen LogP contribution in [0, 0.1) is 21.4 Å². The number of likely N-dealkylation sites (N-methyl/N-ethyl adjacent to an activating group) is 1. The summed E-state index contributed by atoms with van der Waals surface area (Å²) < 4.78 is 31.3. The Balaban J connectivity index is 2.09. The van der Waals surface area contributed by atoms with Crippen LogP contribution in [-0.2, 0) is 0 Å². The second-order valence-corrected chi connectivity index (χ2v) is 8.62. The van der Waals surface area contributed by atoms with Crippen molar-refractivity contribution in [2.75, 3.05) is 27.3 Å². The minimum atomic E-state index is -1.39. The van der Waals surface area contributed by atoms with Crippen molar-refractivity contribution in [1.29, 1.82) is 5.26 Å². The fourth-order valence-corrected chi connectivity index (χ4v) is 3.93. The fourth-order valence-electron chi connectivity index (χ4n) is 3.93. The lowest BCUT2D eigenvalue weighted by molar-refractivity contribution is -0.385. The van der Waals surface area contributed by atoms with E-state index in [1.807, 2.05) is 24.8 Å². The maximum Gasteiger partial charge on any atom is 0.519 e. The SMILES string of the molecule is C=C(/C(C#N)=C/c1cc(OC(=O)Oc2ccccc2OC)c(OC(=O)Oc2ccccc2OC)c([N+](=O)[O-])c1)N(CC)CC. The monoisotopic (exact) mass is 603 g/mol. The van der Waals surface area contributed by atoms with Gasteiger partial charge in [-0.1, -0.05) is 30.8 Å². The smallest absolute Gasteiger partial charge is 0.493 e. The molecule has 0 atom stereocenters. The quantitative estimate of drug-likeness (QED) is 0.0551. The summed E-state index contributed by atoms with van der Waals surface area (Å²) in [6.45, 7) is 8.82. The molecule has 0 aliphatic carbocycles. The molecule has 13 nitrogen and oxygen atoms in total. The lowest BCUT2D eigenvalue weighted by Gasteiger charge is -2.22. The highest BCUT2D eigenvalue weighted by atomic mass is 16.8. The van der Waals surface area contributed by atoms with Crippen molar-refractivity contribution in [1.82, 2.24) is 4.90 Å². The number of hydrogen-bond donors (Lipinski definition) is 0. The van der Waals surface area contributed by atoms with Gasteiger partial charge in [0, 0.05) is 24.9 Å². The van der Waals surface area contributed by atoms with Crippen LogP contribution < -0.4 is 28.4 Å². The number of hydrogen-bond acceptors (Lipinski definition) is 12. The molecule has 0 aliphatic rings. The van der Waals surface area contributed by atoms with Crippen LogP contribution >= 0.6 is 0 Å². The Hall–Kier alpha value is -6.03. The van der Waals surface area contributed by atoms with Crippen molar-refractivity contribution in [2.24, 2.45) is 0 Å². The molecule has 3 aromatic rings. The molecule has 0 amide bonds. The van der Waals surface area contributed by atoms with E-state index in [9.17, 15) is 25.0 Å². The van der Waals surface area contributed by atoms with Crippen molar-refractivity contribution in [2.45, 2.75) is 13.8 Å². The summed E-state index contributed by atoms with van der Waals surface area (Å²) in [6, 6.07) is 16.6. The zero-order valence-corrected chi connectivity index (χ0v) is 24.4. The van der Waals surface area contributed by atoms with E-state index in [0.29, 0.717) is 18.8 Å². The molecule has 3 aromatic carbocycles. The van der Waals surface area contributed by atoms with Crippen LogP contribution in [0.4, 0.5) is 15.3 Å². The lowest BCUT2D eigenvalue weighted by atomic mass is 10.1. The van der Waals surface area contributed by atoms with E-state index in [4.69, 9.17) is 28.4 Å². The Morgan fingerprint density at radius 3 is 1.80 bits per heavy atom. The number of carbonyl (C=O) groups excluding carboxylic acids is 2. The summed E-state index contributed by atoms with van der Waals surface area (Å²) in [4.78, 5) is 38.8. The van der Waals surface area contributed by atoms with Gasteiger partial charge in [0.2, 0.25) is 0 Å². The number of carbonyl (C=O) groups is 2. The second-order valence-electron chi connectivity index (χ2n) is 8.62. The average Bonchev–Trinajstić information content (AvgIpc) is 3.01. The van der Waals surface area contributed by atoms with Crippen molar-refractivity contribution in [3.05, 3.63) is 94.2 Å². The van der Waals surface area contributed by atoms with E-state index in [0.717, 1.165) is 12.1 Å². The number of methoxy groups -OCH3 is 2. The van der Waals surface area contributed by atoms with Crippen LogP contribution in [0.25, 0.3) is 6.08 Å². The molecule has 0 heterocycles. The highest BCUT2D eigenvalue weighted by molar-refractivity contribution is 5.78. The van der Waals surface area contributed by atoms with Crippen molar-refractivity contribution >= 4 is 24.1 Å². The summed E-state index contributed by atoms with van der Waals surface area (Å²) >= 11 is 0. The molecule has 0 bridgehead atoms. The van der Waals surface area contributed by atoms with Gasteiger partial charge in [-0.15, -0.1) is 0 Å². The number of allylic oxidation sites excluding steroid dienone is 1. The van der Waals surface area contributed by atoms with Gasteiger partial charge in [0.15, 0.2) is 28.7 Å². The summed E-state index contributed by atoms with van der Waals surface area (Å²) in [5.41, 5.74) is -0.248. The van der Waals surface area contributed by atoms with E-state index in [1.165, 1.54) is 44.6 Å². The highest BCUT2D eigenvalue weighted by Gasteiger charge is 2.29. The first-order valence-corrected chi connectivity index (χ1v) is 13.1. The van der Waals surface area contributed by atoms with Gasteiger partial charge in [0.05, 0.1) is 24.7 Å². The van der Waals surface area contributed by atoms with Crippen LogP contribution in [0.15, 0.2) is 78.5 Å². The number of nitriles is 1. The second kappa shape index (κ2) is 15.3. The molecule has 0 N–H and O–H groups in total. The Bertz CT molecular complexity index is 1620. The van der Waals surface area contributed by atoms with Gasteiger partial charge >= 0.3 is 18.0 Å². The number of para-hydroxylation sites is 4. The molecule has 0 saturated carbocycles. The zero-order chi connectivity index (χ0) is 32.2. The zero-order valence-electron chi connectivity index (χ0n) is 24.4. The Kier molecular flexibility index (Phi) is 11.3. The maximum atomic E-state index is 12.9. The van der Waals surface area contributed by atoms with Gasteiger partial charge < -0.3 is 33.3 Å². The fraction of sp³-hybridized carbons (Fsp3) is 0.194. The first-order chi connectivity index (χ1) is 21.1. The predicted octanol–water partition coefficient (Wildman–Crippen LogP) is 6.53. The molecule has 3 rings (SSSR count). The van der Waals surface area contributed by atoms with Crippen LogP contribution in [-0.4, -0.2) is 49.4 Å². The van der Waals surface area contributed by atoms with Crippen LogP contribution in [0.2, 0.25) is 0 Å². The highest BCUT2D eigenvalue weighted by Crippen LogP contribution is 2.40. The molecule has 13 heteroatoms. The summed E-state index contributed by atoms with van der Waals surface area (Å²) in [7, 11) is 2.72. The molecule has 0 fully saturated rings. The van der Waals surface area contributed by atoms with Crippen molar-refractivity contribution in [3.63, 3.8) is 0 Å². The standard InChI is InChI=1S/C31H29N3O10/c1-6-33(7-2)20(3)22(19-32)16-21-17-23(34(37)38)29(44-31(36)42-27-15-11-9-13-25(27)40-5)28(18-21)43-30(35)41-26-14-10-8-12-24(26)39-4/h8-18H,3,6-7H2,1-2,4-5H3/b22-16+. The summed E-state index contributed by atoms with van der Waals surface area (Å²) in [5, 5.41) is 22.0. The Morgan fingerprint density at radius 1 is 0.864 bits per heavy atom. The van der Waals surface area contributed by atoms with Crippen molar-refractivity contribution in [3.8, 4) is 40.6 Å². The lowest BCUT2D eigenvalue weighted by Crippen LogP contribution is -2.22. The minimum Gasteiger partial charge on any atom is -0.493 e. The van der Waals surface area contributed by atoms with Crippen molar-refractivity contribution < 1.29 is 42.9 Å². The Labute approximate surface area is 253 Å². The number of nitrogens with zero attached hydrogens (tertiary/aromatic N) is 3. The normalized spacial score (nSPS) is 10.6. The molecule has 0 unspecified atom stereocenters. The third kappa shape index (κ3) is 8.04. The molecular weight excluding hydrogens is 574 g/mol. The first kappa shape index (κ1) is 32.5. The molecule has 228 valence electrons. The van der Waals surface area contributed by atoms with Gasteiger partial charge in [-0.2, -0.15) is 5.26 Å². The minimum absolute atomic E-state index is 0.00844. The summed E-state index contributed by atoms with van der Waals surface area (Å²) in [6.07, 6.45) is -1.40. The predicted molar refractivity (Wildman–Crippen MR) is 158 cm³/mol. The van der Waals surface area contributed by atoms with E-state index < -0.39 is 34.4 Å². The van der Waals surface area contributed by atoms with Gasteiger partial charge in [0.1, 0.15) is 6.07 Å².